The number of carbonyl (C=O) groups excluding carboxylic acids is 2. The number of hydrogen-bond donors (Lipinski definition) is 0. The van der Waals surface area contributed by atoms with Crippen molar-refractivity contribution in [2.24, 2.45) is 11.8 Å². The largest absolute Gasteiger partial charge is 0.283 e. The van der Waals surface area contributed by atoms with Crippen molar-refractivity contribution in [1.82, 2.24) is 14.1 Å². The van der Waals surface area contributed by atoms with Crippen LogP contribution in [0.15, 0.2) is 41.3 Å². The summed E-state index contributed by atoms with van der Waals surface area (Å²) in [6, 6.07) is 4.77. The number of hydrogen-bond acceptors (Lipinski definition) is 5. The third-order valence-corrected chi connectivity index (χ3v) is 7.64. The lowest BCUT2D eigenvalue weighted by molar-refractivity contribution is -0.142. The van der Waals surface area contributed by atoms with Crippen molar-refractivity contribution in [3.05, 3.63) is 42.2 Å². The molecule has 0 radical (unpaired) electrons. The summed E-state index contributed by atoms with van der Waals surface area (Å²) in [5.74, 6) is -1.24. The molecule has 1 aromatic rings. The normalized spacial score (nSPS) is 26.7. The Bertz CT molecular complexity index is 882. The van der Waals surface area contributed by atoms with Crippen LogP contribution < -0.4 is 0 Å². The number of amides is 2. The summed E-state index contributed by atoms with van der Waals surface area (Å²) < 4.78 is 39.8. The van der Waals surface area contributed by atoms with Crippen molar-refractivity contribution in [3.63, 3.8) is 0 Å². The lowest BCUT2D eigenvalue weighted by Crippen LogP contribution is -2.52. The van der Waals surface area contributed by atoms with Crippen molar-refractivity contribution >= 4 is 21.8 Å². The van der Waals surface area contributed by atoms with Crippen LogP contribution in [0.2, 0.25) is 0 Å². The molecule has 0 saturated carbocycles. The van der Waals surface area contributed by atoms with E-state index in [9.17, 15) is 22.4 Å². The van der Waals surface area contributed by atoms with Crippen LogP contribution in [0.3, 0.4) is 0 Å². The first-order chi connectivity index (χ1) is 13.4. The topological polar surface area (TPSA) is 78.0 Å². The first-order valence-electron chi connectivity index (χ1n) is 9.36. The molecule has 3 aliphatic rings. The fourth-order valence-corrected chi connectivity index (χ4v) is 5.50. The molecule has 4 rings (SSSR count). The van der Waals surface area contributed by atoms with Gasteiger partial charge in [-0.25, -0.2) is 12.8 Å². The molecule has 1 aliphatic carbocycles. The van der Waals surface area contributed by atoms with Crippen LogP contribution in [0.25, 0.3) is 0 Å². The Hall–Kier alpha value is -2.10. The second-order valence-corrected chi connectivity index (χ2v) is 9.32. The van der Waals surface area contributed by atoms with E-state index in [1.54, 1.807) is 0 Å². The van der Waals surface area contributed by atoms with Crippen molar-refractivity contribution in [1.29, 1.82) is 0 Å². The van der Waals surface area contributed by atoms with E-state index in [2.05, 4.69) is 0 Å². The molecule has 0 aromatic heterocycles. The maximum atomic E-state index is 13.1. The lowest BCUT2D eigenvalue weighted by atomic mass is 9.85. The van der Waals surface area contributed by atoms with E-state index in [4.69, 9.17) is 0 Å². The van der Waals surface area contributed by atoms with Crippen LogP contribution in [0, 0.1) is 17.7 Å². The first kappa shape index (κ1) is 19.2. The van der Waals surface area contributed by atoms with Gasteiger partial charge in [0, 0.05) is 26.2 Å². The van der Waals surface area contributed by atoms with Crippen LogP contribution in [-0.2, 0) is 19.6 Å². The number of fused-ring (bicyclic) bond motifs is 1. The van der Waals surface area contributed by atoms with Crippen LogP contribution in [0.1, 0.15) is 12.8 Å². The Labute approximate surface area is 163 Å². The molecule has 0 N–H and O–H groups in total. The number of imide groups is 1. The number of likely N-dealkylation sites (tertiary alicyclic amines) is 1. The summed E-state index contributed by atoms with van der Waals surface area (Å²) in [6.07, 6.45) is 5.12. The second kappa shape index (κ2) is 7.38. The fraction of sp³-hybridized carbons (Fsp3) is 0.474. The molecule has 2 fully saturated rings. The number of allylic oxidation sites excluding steroid dienone is 2. The minimum atomic E-state index is -3.68. The third-order valence-electron chi connectivity index (χ3n) is 5.72. The van der Waals surface area contributed by atoms with Gasteiger partial charge in [0.25, 0.3) is 0 Å². The Morgan fingerprint density at radius 1 is 0.893 bits per heavy atom. The first-order valence-corrected chi connectivity index (χ1v) is 10.8. The van der Waals surface area contributed by atoms with Gasteiger partial charge in [-0.2, -0.15) is 4.31 Å². The molecule has 0 unspecified atom stereocenters. The van der Waals surface area contributed by atoms with Gasteiger partial charge in [0.05, 0.1) is 23.4 Å². The van der Waals surface area contributed by atoms with E-state index >= 15 is 0 Å². The number of nitrogens with zero attached hydrogens (tertiary/aromatic N) is 3. The van der Waals surface area contributed by atoms with E-state index in [1.165, 1.54) is 21.3 Å². The number of carbonyl (C=O) groups is 2. The van der Waals surface area contributed by atoms with Gasteiger partial charge in [-0.15, -0.1) is 0 Å². The molecule has 7 nitrogen and oxygen atoms in total. The van der Waals surface area contributed by atoms with Gasteiger partial charge in [0.1, 0.15) is 5.82 Å². The highest BCUT2D eigenvalue weighted by atomic mass is 32.2. The average Bonchev–Trinajstić information content (AvgIpc) is 2.94. The number of sulfonamides is 1. The molecule has 0 bridgehead atoms. The summed E-state index contributed by atoms with van der Waals surface area (Å²) in [4.78, 5) is 28.4. The van der Waals surface area contributed by atoms with Crippen molar-refractivity contribution < 1.29 is 22.4 Å². The Balaban J connectivity index is 1.38. The van der Waals surface area contributed by atoms with Gasteiger partial charge in [0.2, 0.25) is 21.8 Å². The van der Waals surface area contributed by atoms with Crippen LogP contribution in [0.5, 0.6) is 0 Å². The molecular weight excluding hydrogens is 385 g/mol. The predicted molar refractivity (Wildman–Crippen MR) is 98.8 cm³/mol. The molecule has 9 heteroatoms. The maximum Gasteiger partial charge on any atom is 0.243 e. The summed E-state index contributed by atoms with van der Waals surface area (Å²) in [7, 11) is -3.68. The van der Waals surface area contributed by atoms with Gasteiger partial charge in [-0.3, -0.25) is 19.4 Å². The highest BCUT2D eigenvalue weighted by Crippen LogP contribution is 2.35. The molecule has 2 atom stereocenters. The monoisotopic (exact) mass is 407 g/mol. The highest BCUT2D eigenvalue weighted by molar-refractivity contribution is 7.89. The van der Waals surface area contributed by atoms with Crippen LogP contribution >= 0.6 is 0 Å². The zero-order valence-electron chi connectivity index (χ0n) is 15.3. The number of rotatable bonds is 4. The number of benzene rings is 1. The Kier molecular flexibility index (Phi) is 5.07. The lowest BCUT2D eigenvalue weighted by Gasteiger charge is -2.35. The molecule has 1 aromatic carbocycles. The zero-order valence-corrected chi connectivity index (χ0v) is 16.1. The van der Waals surface area contributed by atoms with Gasteiger partial charge < -0.3 is 0 Å². The SMILES string of the molecule is O=C1[C@H]2CC=CC[C@@H]2C(=O)N1CN1CCN(S(=O)(=O)c2ccc(F)cc2)CC1. The van der Waals surface area contributed by atoms with Gasteiger partial charge in [-0.05, 0) is 37.1 Å². The van der Waals surface area contributed by atoms with E-state index in [1.807, 2.05) is 17.1 Å². The quantitative estimate of drug-likeness (QED) is 0.551. The fourth-order valence-electron chi connectivity index (χ4n) is 4.08. The maximum absolute atomic E-state index is 13.1. The van der Waals surface area contributed by atoms with E-state index in [-0.39, 0.29) is 48.3 Å². The molecule has 2 heterocycles. The summed E-state index contributed by atoms with van der Waals surface area (Å²) >= 11 is 0. The molecule has 2 aliphatic heterocycles. The van der Waals surface area contributed by atoms with Gasteiger partial charge in [0.15, 0.2) is 0 Å². The van der Waals surface area contributed by atoms with Crippen LogP contribution in [-0.4, -0.2) is 67.2 Å². The molecule has 150 valence electrons. The highest BCUT2D eigenvalue weighted by Gasteiger charge is 2.47. The molecule has 2 saturated heterocycles. The number of piperazine rings is 1. The smallest absolute Gasteiger partial charge is 0.243 e. The average molecular weight is 407 g/mol. The summed E-state index contributed by atoms with van der Waals surface area (Å²) in [6.45, 7) is 1.56. The van der Waals surface area contributed by atoms with E-state index in [0.717, 1.165) is 12.1 Å². The summed E-state index contributed by atoms with van der Waals surface area (Å²) in [5, 5.41) is 0. The van der Waals surface area contributed by atoms with E-state index in [0.29, 0.717) is 25.9 Å². The summed E-state index contributed by atoms with van der Waals surface area (Å²) in [5.41, 5.74) is 0. The molecule has 0 spiro atoms. The van der Waals surface area contributed by atoms with Gasteiger partial charge in [-0.1, -0.05) is 12.2 Å². The Morgan fingerprint density at radius 2 is 1.43 bits per heavy atom. The van der Waals surface area contributed by atoms with Crippen molar-refractivity contribution in [2.45, 2.75) is 17.7 Å². The zero-order chi connectivity index (χ0) is 19.9. The molecule has 28 heavy (non-hydrogen) atoms. The third kappa shape index (κ3) is 3.38. The van der Waals surface area contributed by atoms with E-state index < -0.39 is 15.8 Å². The minimum absolute atomic E-state index is 0.0591. The predicted octanol–water partition coefficient (Wildman–Crippen LogP) is 1.04. The Morgan fingerprint density at radius 3 is 1.96 bits per heavy atom. The standard InChI is InChI=1S/C19H22FN3O4S/c20-14-5-7-15(8-6-14)28(26,27)22-11-9-21(10-12-22)13-23-18(24)16-3-1-2-4-17(16)19(23)25/h1-2,5-8,16-17H,3-4,9-13H2/t16-,17-/m0/s1. The van der Waals surface area contributed by atoms with Crippen molar-refractivity contribution in [3.8, 4) is 0 Å². The molecule has 2 amide bonds. The number of halogens is 1. The van der Waals surface area contributed by atoms with Gasteiger partial charge >= 0.3 is 0 Å². The second-order valence-electron chi connectivity index (χ2n) is 7.38. The molecular formula is C19H22FN3O4S. The minimum Gasteiger partial charge on any atom is -0.283 e. The van der Waals surface area contributed by atoms with Crippen molar-refractivity contribution in [2.75, 3.05) is 32.8 Å². The van der Waals surface area contributed by atoms with Crippen LogP contribution in [0.4, 0.5) is 4.39 Å².